The summed E-state index contributed by atoms with van der Waals surface area (Å²) in [7, 11) is 0. The number of esters is 1. The van der Waals surface area contributed by atoms with Crippen molar-refractivity contribution in [3.63, 3.8) is 0 Å². The normalized spacial score (nSPS) is 20.8. The van der Waals surface area contributed by atoms with Gasteiger partial charge in [-0.15, -0.1) is 0 Å². The Morgan fingerprint density at radius 3 is 2.62 bits per heavy atom. The number of amides is 2. The zero-order chi connectivity index (χ0) is 20.4. The highest BCUT2D eigenvalue weighted by atomic mass is 35.5. The fourth-order valence-corrected chi connectivity index (χ4v) is 3.76. The number of imide groups is 1. The number of hydrogen-bond donors (Lipinski definition) is 0. The van der Waals surface area contributed by atoms with Crippen LogP contribution >= 0.6 is 11.6 Å². The lowest BCUT2D eigenvalue weighted by Crippen LogP contribution is -2.33. The average molecular weight is 416 g/mol. The molecule has 150 valence electrons. The lowest BCUT2D eigenvalue weighted by atomic mass is 9.85. The molecule has 2 aromatic rings. The number of ether oxygens (including phenoxy) is 1. The van der Waals surface area contributed by atoms with Gasteiger partial charge >= 0.3 is 5.97 Å². The first-order chi connectivity index (χ1) is 14.0. The summed E-state index contributed by atoms with van der Waals surface area (Å²) in [5.41, 5.74) is 0.681. The van der Waals surface area contributed by atoms with Crippen LogP contribution in [0.2, 0.25) is 5.02 Å². The summed E-state index contributed by atoms with van der Waals surface area (Å²) >= 11 is 5.94. The summed E-state index contributed by atoms with van der Waals surface area (Å²) in [5, 5.41) is 4.38. The van der Waals surface area contributed by atoms with E-state index < -0.39 is 5.97 Å². The molecule has 1 aliphatic carbocycles. The minimum Gasteiger partial charge on any atom is -0.456 e. The molecule has 0 N–H and O–H groups in total. The highest BCUT2D eigenvalue weighted by Gasteiger charge is 2.46. The summed E-state index contributed by atoms with van der Waals surface area (Å²) in [5.74, 6) is -1.10. The fourth-order valence-electron chi connectivity index (χ4n) is 3.57. The SMILES string of the molecule is O=C(CCN1C(=O)[C@H]2CC=CC[C@H]2C1=O)OCc1nc(-c2cccc(Cl)c2)no1. The van der Waals surface area contributed by atoms with Crippen LogP contribution in [0, 0.1) is 11.8 Å². The molecule has 0 radical (unpaired) electrons. The zero-order valence-corrected chi connectivity index (χ0v) is 16.2. The van der Waals surface area contributed by atoms with Gasteiger partial charge in [-0.2, -0.15) is 4.98 Å². The quantitative estimate of drug-likeness (QED) is 0.406. The average Bonchev–Trinajstić information content (AvgIpc) is 3.29. The van der Waals surface area contributed by atoms with Crippen LogP contribution < -0.4 is 0 Å². The maximum atomic E-state index is 12.4. The second-order valence-electron chi connectivity index (χ2n) is 6.92. The van der Waals surface area contributed by atoms with Crippen molar-refractivity contribution in [3.05, 3.63) is 47.3 Å². The number of allylic oxidation sites excluding steroid dienone is 2. The van der Waals surface area contributed by atoms with Crippen molar-refractivity contribution in [2.24, 2.45) is 11.8 Å². The number of carbonyl (C=O) groups excluding carboxylic acids is 3. The molecule has 9 heteroatoms. The second kappa shape index (κ2) is 8.16. The molecule has 2 heterocycles. The first-order valence-electron chi connectivity index (χ1n) is 9.27. The van der Waals surface area contributed by atoms with E-state index in [1.165, 1.54) is 4.90 Å². The molecule has 1 saturated heterocycles. The number of hydrogen-bond acceptors (Lipinski definition) is 7. The van der Waals surface area contributed by atoms with Crippen LogP contribution in [-0.2, 0) is 25.7 Å². The van der Waals surface area contributed by atoms with E-state index in [0.29, 0.717) is 29.3 Å². The van der Waals surface area contributed by atoms with Gasteiger partial charge in [0.15, 0.2) is 6.61 Å². The third kappa shape index (κ3) is 4.07. The molecule has 0 spiro atoms. The first-order valence-corrected chi connectivity index (χ1v) is 9.65. The van der Waals surface area contributed by atoms with Gasteiger partial charge in [0.1, 0.15) is 0 Å². The number of likely N-dealkylation sites (tertiary alicyclic amines) is 1. The Hall–Kier alpha value is -3.00. The first kappa shape index (κ1) is 19.3. The number of carbonyl (C=O) groups is 3. The van der Waals surface area contributed by atoms with Gasteiger partial charge in [-0.3, -0.25) is 19.3 Å². The van der Waals surface area contributed by atoms with Crippen LogP contribution in [0.3, 0.4) is 0 Å². The predicted octanol–water partition coefficient (Wildman–Crippen LogP) is 2.77. The molecular formula is C20H18ClN3O5. The Balaban J connectivity index is 1.28. The fraction of sp³-hybridized carbons (Fsp3) is 0.350. The molecule has 1 aromatic carbocycles. The predicted molar refractivity (Wildman–Crippen MR) is 101 cm³/mol. The van der Waals surface area contributed by atoms with E-state index >= 15 is 0 Å². The molecule has 1 fully saturated rings. The van der Waals surface area contributed by atoms with Crippen LogP contribution in [0.5, 0.6) is 0 Å². The Morgan fingerprint density at radius 1 is 1.21 bits per heavy atom. The van der Waals surface area contributed by atoms with E-state index in [9.17, 15) is 14.4 Å². The number of rotatable bonds is 6. The van der Waals surface area contributed by atoms with Gasteiger partial charge in [-0.25, -0.2) is 0 Å². The molecule has 4 rings (SSSR count). The van der Waals surface area contributed by atoms with E-state index in [1.54, 1.807) is 24.3 Å². The molecule has 29 heavy (non-hydrogen) atoms. The van der Waals surface area contributed by atoms with E-state index in [4.69, 9.17) is 20.9 Å². The van der Waals surface area contributed by atoms with Crippen LogP contribution in [0.1, 0.15) is 25.2 Å². The Labute approximate surface area is 171 Å². The van der Waals surface area contributed by atoms with Gasteiger partial charge in [0.2, 0.25) is 17.6 Å². The number of nitrogens with zero attached hydrogens (tertiary/aromatic N) is 3. The third-order valence-electron chi connectivity index (χ3n) is 5.05. The largest absolute Gasteiger partial charge is 0.456 e. The molecule has 0 saturated carbocycles. The number of benzene rings is 1. The van der Waals surface area contributed by atoms with Crippen LogP contribution in [-0.4, -0.2) is 39.4 Å². The molecule has 1 aromatic heterocycles. The molecular weight excluding hydrogens is 398 g/mol. The third-order valence-corrected chi connectivity index (χ3v) is 5.28. The minimum atomic E-state index is -0.555. The summed E-state index contributed by atoms with van der Waals surface area (Å²) in [6.45, 7) is -0.176. The van der Waals surface area contributed by atoms with Crippen molar-refractivity contribution in [1.82, 2.24) is 15.0 Å². The van der Waals surface area contributed by atoms with E-state index in [2.05, 4.69) is 10.1 Å². The summed E-state index contributed by atoms with van der Waals surface area (Å²) in [4.78, 5) is 42.1. The Morgan fingerprint density at radius 2 is 1.93 bits per heavy atom. The van der Waals surface area contributed by atoms with Crippen molar-refractivity contribution in [1.29, 1.82) is 0 Å². The van der Waals surface area contributed by atoms with Crippen molar-refractivity contribution < 1.29 is 23.6 Å². The van der Waals surface area contributed by atoms with Crippen LogP contribution in [0.4, 0.5) is 0 Å². The molecule has 1 aliphatic heterocycles. The highest BCUT2D eigenvalue weighted by molar-refractivity contribution is 6.30. The van der Waals surface area contributed by atoms with Gasteiger partial charge in [0.05, 0.1) is 18.3 Å². The molecule has 0 unspecified atom stereocenters. The molecule has 0 bridgehead atoms. The smallest absolute Gasteiger partial charge is 0.308 e. The zero-order valence-electron chi connectivity index (χ0n) is 15.4. The monoisotopic (exact) mass is 415 g/mol. The molecule has 2 aliphatic rings. The molecule has 2 amide bonds. The van der Waals surface area contributed by atoms with Crippen molar-refractivity contribution >= 4 is 29.4 Å². The van der Waals surface area contributed by atoms with E-state index in [0.717, 1.165) is 0 Å². The molecule has 2 atom stereocenters. The lowest BCUT2D eigenvalue weighted by Gasteiger charge is -2.14. The number of aromatic nitrogens is 2. The van der Waals surface area contributed by atoms with Crippen molar-refractivity contribution in [2.75, 3.05) is 6.54 Å². The summed E-state index contributed by atoms with van der Waals surface area (Å²) < 4.78 is 10.2. The topological polar surface area (TPSA) is 103 Å². The van der Waals surface area contributed by atoms with Crippen molar-refractivity contribution in [2.45, 2.75) is 25.9 Å². The van der Waals surface area contributed by atoms with Gasteiger partial charge < -0.3 is 9.26 Å². The number of fused-ring (bicyclic) bond motifs is 1. The summed E-state index contributed by atoms with van der Waals surface area (Å²) in [6.07, 6.45) is 4.91. The van der Waals surface area contributed by atoms with E-state index in [1.807, 2.05) is 12.2 Å². The minimum absolute atomic E-state index is 0.0150. The maximum absolute atomic E-state index is 12.4. The van der Waals surface area contributed by atoms with Gasteiger partial charge in [-0.05, 0) is 25.0 Å². The lowest BCUT2D eigenvalue weighted by molar-refractivity contribution is -0.147. The molecule has 8 nitrogen and oxygen atoms in total. The maximum Gasteiger partial charge on any atom is 0.308 e. The Bertz CT molecular complexity index is 960. The Kier molecular flexibility index (Phi) is 5.44. The van der Waals surface area contributed by atoms with Gasteiger partial charge in [-0.1, -0.05) is 41.0 Å². The standard InChI is InChI=1S/C20H18ClN3O5/c21-13-5-3-4-12(10-13)18-22-16(29-23-18)11-28-17(25)8-9-24-19(26)14-6-1-2-7-15(14)20(24)27/h1-5,10,14-15H,6-9,11H2/t14-,15+. The summed E-state index contributed by atoms with van der Waals surface area (Å²) in [6, 6.07) is 6.97. The van der Waals surface area contributed by atoms with Crippen LogP contribution in [0.25, 0.3) is 11.4 Å². The second-order valence-corrected chi connectivity index (χ2v) is 7.35. The van der Waals surface area contributed by atoms with Gasteiger partial charge in [0.25, 0.3) is 5.89 Å². The van der Waals surface area contributed by atoms with E-state index in [-0.39, 0.29) is 49.1 Å². The highest BCUT2D eigenvalue weighted by Crippen LogP contribution is 2.35. The van der Waals surface area contributed by atoms with Gasteiger partial charge in [0, 0.05) is 17.1 Å². The number of halogens is 1. The van der Waals surface area contributed by atoms with Crippen molar-refractivity contribution in [3.8, 4) is 11.4 Å². The van der Waals surface area contributed by atoms with Crippen LogP contribution in [0.15, 0.2) is 40.9 Å².